The minimum atomic E-state index is -0.471. The number of nitriles is 1. The van der Waals surface area contributed by atoms with E-state index in [1.54, 1.807) is 0 Å². The van der Waals surface area contributed by atoms with E-state index in [-0.39, 0.29) is 48.7 Å². The van der Waals surface area contributed by atoms with Gasteiger partial charge in [-0.3, -0.25) is 15.0 Å². The predicted molar refractivity (Wildman–Crippen MR) is 86.7 cm³/mol. The van der Waals surface area contributed by atoms with E-state index in [0.29, 0.717) is 5.56 Å². The number of halogens is 2. The summed E-state index contributed by atoms with van der Waals surface area (Å²) in [5.74, 6) is -0.0244. The van der Waals surface area contributed by atoms with Crippen molar-refractivity contribution < 1.29 is 10.0 Å². The number of phenols is 1. The highest BCUT2D eigenvalue weighted by Crippen LogP contribution is 2.34. The minimum Gasteiger partial charge on any atom is -0.508 e. The summed E-state index contributed by atoms with van der Waals surface area (Å²) in [5.41, 5.74) is 0.347. The molecule has 0 amide bonds. The molecule has 1 aliphatic heterocycles. The summed E-state index contributed by atoms with van der Waals surface area (Å²) in [6.07, 6.45) is 0.157. The van der Waals surface area contributed by atoms with Gasteiger partial charge in [0.1, 0.15) is 5.75 Å². The standard InChI is InChI=1S/C13H16N4O3.2ClH/c14-4-3-12(16-7-5-15-6-8-16)11-9-10(18)1-2-13(11)17(19)20;;/h1-2,9,12,15,18H,3,5-8H2;2*1H/t12-;;/m0../s1. The zero-order chi connectivity index (χ0) is 14.5. The summed E-state index contributed by atoms with van der Waals surface area (Å²) in [6, 6.07) is 5.69. The number of hydrogen-bond donors (Lipinski definition) is 2. The second-order valence-corrected chi connectivity index (χ2v) is 4.66. The van der Waals surface area contributed by atoms with Crippen molar-refractivity contribution in [1.82, 2.24) is 10.2 Å². The molecule has 2 N–H and O–H groups in total. The van der Waals surface area contributed by atoms with E-state index in [9.17, 15) is 15.2 Å². The van der Waals surface area contributed by atoms with Gasteiger partial charge in [0.25, 0.3) is 5.69 Å². The number of nitro groups is 1. The Bertz CT molecular complexity index is 545. The quantitative estimate of drug-likeness (QED) is 0.637. The van der Waals surface area contributed by atoms with Gasteiger partial charge in [-0.2, -0.15) is 5.26 Å². The molecule has 0 unspecified atom stereocenters. The third-order valence-electron chi connectivity index (χ3n) is 3.44. The highest BCUT2D eigenvalue weighted by molar-refractivity contribution is 5.85. The summed E-state index contributed by atoms with van der Waals surface area (Å²) >= 11 is 0. The van der Waals surface area contributed by atoms with Gasteiger partial charge in [-0.1, -0.05) is 0 Å². The molecule has 9 heteroatoms. The van der Waals surface area contributed by atoms with Crippen LogP contribution in [0.1, 0.15) is 18.0 Å². The number of phenolic OH excluding ortho intramolecular Hbond substituents is 1. The van der Waals surface area contributed by atoms with Crippen molar-refractivity contribution in [2.75, 3.05) is 26.2 Å². The van der Waals surface area contributed by atoms with E-state index in [2.05, 4.69) is 11.4 Å². The van der Waals surface area contributed by atoms with Gasteiger partial charge in [0.15, 0.2) is 0 Å². The monoisotopic (exact) mass is 348 g/mol. The molecule has 1 atom stereocenters. The number of nitrogens with zero attached hydrogens (tertiary/aromatic N) is 3. The van der Waals surface area contributed by atoms with E-state index in [4.69, 9.17) is 5.26 Å². The Labute approximate surface area is 140 Å². The van der Waals surface area contributed by atoms with Crippen molar-refractivity contribution in [3.8, 4) is 11.8 Å². The zero-order valence-electron chi connectivity index (χ0n) is 11.8. The number of aromatic hydroxyl groups is 1. The number of nitrogens with one attached hydrogen (secondary N) is 1. The maximum atomic E-state index is 11.1. The van der Waals surface area contributed by atoms with Crippen LogP contribution in [0.3, 0.4) is 0 Å². The van der Waals surface area contributed by atoms with Crippen molar-refractivity contribution in [3.63, 3.8) is 0 Å². The third kappa shape index (κ3) is 4.71. The summed E-state index contributed by atoms with van der Waals surface area (Å²) < 4.78 is 0. The van der Waals surface area contributed by atoms with Crippen LogP contribution in [0.25, 0.3) is 0 Å². The first-order valence-electron chi connectivity index (χ1n) is 6.42. The Morgan fingerprint density at radius 1 is 1.41 bits per heavy atom. The van der Waals surface area contributed by atoms with Crippen LogP contribution in [0.15, 0.2) is 18.2 Å². The van der Waals surface area contributed by atoms with Gasteiger partial charge in [-0.05, 0) is 12.1 Å². The Kier molecular flexibility index (Phi) is 8.75. The number of hydrogen-bond acceptors (Lipinski definition) is 6. The first-order chi connectivity index (χ1) is 9.63. The summed E-state index contributed by atoms with van der Waals surface area (Å²) in [5, 5.41) is 32.9. The van der Waals surface area contributed by atoms with E-state index in [1.807, 2.05) is 4.90 Å². The van der Waals surface area contributed by atoms with Crippen LogP contribution in [0, 0.1) is 21.4 Å². The fourth-order valence-corrected chi connectivity index (χ4v) is 2.49. The van der Waals surface area contributed by atoms with Crippen LogP contribution in [0.5, 0.6) is 5.75 Å². The van der Waals surface area contributed by atoms with Crippen LogP contribution in [-0.2, 0) is 0 Å². The summed E-state index contributed by atoms with van der Waals surface area (Å²) in [6.45, 7) is 3.02. The molecular weight excluding hydrogens is 331 g/mol. The first-order valence-corrected chi connectivity index (χ1v) is 6.42. The normalized spacial score (nSPS) is 15.8. The number of nitro benzene ring substituents is 1. The minimum absolute atomic E-state index is 0. The molecule has 22 heavy (non-hydrogen) atoms. The van der Waals surface area contributed by atoms with E-state index < -0.39 is 4.92 Å². The SMILES string of the molecule is Cl.Cl.N#CC[C@@H](c1cc(O)ccc1[N+](=O)[O-])N1CCNCC1. The lowest BCUT2D eigenvalue weighted by molar-refractivity contribution is -0.386. The molecule has 0 spiro atoms. The van der Waals surface area contributed by atoms with Crippen LogP contribution in [0.4, 0.5) is 5.69 Å². The van der Waals surface area contributed by atoms with Gasteiger partial charge in [0.05, 0.1) is 29.0 Å². The van der Waals surface area contributed by atoms with Gasteiger partial charge >= 0.3 is 0 Å². The van der Waals surface area contributed by atoms with Gasteiger partial charge < -0.3 is 10.4 Å². The van der Waals surface area contributed by atoms with Crippen molar-refractivity contribution in [3.05, 3.63) is 33.9 Å². The molecule has 1 saturated heterocycles. The van der Waals surface area contributed by atoms with Crippen LogP contribution in [-0.4, -0.2) is 41.1 Å². The lowest BCUT2D eigenvalue weighted by atomic mass is 9.99. The van der Waals surface area contributed by atoms with E-state index in [1.165, 1.54) is 18.2 Å². The second-order valence-electron chi connectivity index (χ2n) is 4.66. The van der Waals surface area contributed by atoms with Crippen LogP contribution in [0.2, 0.25) is 0 Å². The van der Waals surface area contributed by atoms with Crippen LogP contribution < -0.4 is 5.32 Å². The largest absolute Gasteiger partial charge is 0.508 e. The molecular formula is C13H18Cl2N4O3. The maximum absolute atomic E-state index is 11.1. The molecule has 1 aromatic carbocycles. The molecule has 0 bridgehead atoms. The Morgan fingerprint density at radius 2 is 2.05 bits per heavy atom. The van der Waals surface area contributed by atoms with Crippen LogP contribution >= 0.6 is 24.8 Å². The highest BCUT2D eigenvalue weighted by Gasteiger charge is 2.28. The molecule has 0 saturated carbocycles. The summed E-state index contributed by atoms with van der Waals surface area (Å²) in [4.78, 5) is 12.7. The lowest BCUT2D eigenvalue weighted by Gasteiger charge is -2.33. The zero-order valence-corrected chi connectivity index (χ0v) is 13.4. The first kappa shape index (κ1) is 20.4. The van der Waals surface area contributed by atoms with Crippen molar-refractivity contribution >= 4 is 30.5 Å². The number of piperazine rings is 1. The Hall–Kier alpha value is -1.59. The summed E-state index contributed by atoms with van der Waals surface area (Å²) in [7, 11) is 0. The molecule has 1 aliphatic rings. The Balaban J connectivity index is 0.00000220. The predicted octanol–water partition coefficient (Wildman–Crippen LogP) is 2.00. The van der Waals surface area contributed by atoms with Gasteiger partial charge in [-0.25, -0.2) is 0 Å². The average Bonchev–Trinajstić information content (AvgIpc) is 2.45. The number of rotatable bonds is 4. The highest BCUT2D eigenvalue weighted by atomic mass is 35.5. The maximum Gasteiger partial charge on any atom is 0.274 e. The molecule has 0 aromatic heterocycles. The van der Waals surface area contributed by atoms with E-state index >= 15 is 0 Å². The fraction of sp³-hybridized carbons (Fsp3) is 0.462. The van der Waals surface area contributed by atoms with E-state index in [0.717, 1.165) is 26.2 Å². The molecule has 0 radical (unpaired) electrons. The molecule has 1 aromatic rings. The van der Waals surface area contributed by atoms with Gasteiger partial charge in [0.2, 0.25) is 0 Å². The molecule has 122 valence electrons. The van der Waals surface area contributed by atoms with Gasteiger partial charge in [-0.15, -0.1) is 24.8 Å². The Morgan fingerprint density at radius 3 is 2.59 bits per heavy atom. The molecule has 0 aliphatic carbocycles. The van der Waals surface area contributed by atoms with Gasteiger partial charge in [0, 0.05) is 32.2 Å². The van der Waals surface area contributed by atoms with Crippen molar-refractivity contribution in [2.24, 2.45) is 0 Å². The fourth-order valence-electron chi connectivity index (χ4n) is 2.49. The smallest absolute Gasteiger partial charge is 0.274 e. The lowest BCUT2D eigenvalue weighted by Crippen LogP contribution is -2.45. The second kappa shape index (κ2) is 9.43. The topological polar surface area (TPSA) is 102 Å². The average molecular weight is 349 g/mol. The van der Waals surface area contributed by atoms with Crippen molar-refractivity contribution in [1.29, 1.82) is 5.26 Å². The molecule has 2 rings (SSSR count). The third-order valence-corrected chi connectivity index (χ3v) is 3.44. The molecule has 1 heterocycles. The molecule has 1 fully saturated rings. The number of benzene rings is 1. The van der Waals surface area contributed by atoms with Crippen molar-refractivity contribution in [2.45, 2.75) is 12.5 Å². The molecule has 7 nitrogen and oxygen atoms in total.